The molecule has 1 unspecified atom stereocenters. The highest BCUT2D eigenvalue weighted by Gasteiger charge is 2.20. The number of esters is 1. The molecule has 1 atom stereocenters. The van der Waals surface area contributed by atoms with E-state index in [1.54, 1.807) is 0 Å². The summed E-state index contributed by atoms with van der Waals surface area (Å²) in [5.74, 6) is 0.579. The van der Waals surface area contributed by atoms with Gasteiger partial charge in [0.15, 0.2) is 0 Å². The summed E-state index contributed by atoms with van der Waals surface area (Å²) in [7, 11) is 0. The number of hydrogen-bond donors (Lipinski definition) is 1. The largest absolute Gasteiger partial charge is 0.461 e. The molecule has 0 bridgehead atoms. The molecule has 1 aliphatic rings. The first-order valence-electron chi connectivity index (χ1n) is 2.63. The van der Waals surface area contributed by atoms with Gasteiger partial charge in [0.05, 0.1) is 0 Å². The molecule has 0 amide bonds. The van der Waals surface area contributed by atoms with Gasteiger partial charge in [-0.3, -0.25) is 4.79 Å². The standard InChI is InChI=1S/C5H8O2S/c6-5-2-1-4(3-8)7-5/h4,8H,1-3H2. The first-order valence-corrected chi connectivity index (χ1v) is 3.26. The van der Waals surface area contributed by atoms with Crippen LogP contribution < -0.4 is 0 Å². The van der Waals surface area contributed by atoms with Crippen LogP contribution in [0.3, 0.4) is 0 Å². The topological polar surface area (TPSA) is 26.3 Å². The van der Waals surface area contributed by atoms with Gasteiger partial charge in [0.1, 0.15) is 6.10 Å². The lowest BCUT2D eigenvalue weighted by Gasteiger charge is -2.01. The van der Waals surface area contributed by atoms with E-state index in [1.807, 2.05) is 0 Å². The fourth-order valence-electron chi connectivity index (χ4n) is 0.711. The monoisotopic (exact) mass is 132 g/mol. The minimum Gasteiger partial charge on any atom is -0.461 e. The molecule has 46 valence electrons. The van der Waals surface area contributed by atoms with Crippen molar-refractivity contribution in [2.45, 2.75) is 18.9 Å². The van der Waals surface area contributed by atoms with Crippen LogP contribution >= 0.6 is 12.6 Å². The van der Waals surface area contributed by atoms with Crippen LogP contribution in [-0.4, -0.2) is 17.8 Å². The molecule has 0 aliphatic carbocycles. The van der Waals surface area contributed by atoms with Gasteiger partial charge in [0.25, 0.3) is 0 Å². The van der Waals surface area contributed by atoms with E-state index >= 15 is 0 Å². The van der Waals surface area contributed by atoms with E-state index in [0.29, 0.717) is 12.2 Å². The Morgan fingerprint density at radius 2 is 2.62 bits per heavy atom. The maximum atomic E-state index is 10.4. The number of carbonyl (C=O) groups is 1. The number of ether oxygens (including phenoxy) is 1. The van der Waals surface area contributed by atoms with Gasteiger partial charge in [0.2, 0.25) is 0 Å². The normalized spacial score (nSPS) is 28.1. The summed E-state index contributed by atoms with van der Waals surface area (Å²) in [5, 5.41) is 0. The minimum atomic E-state index is -0.0796. The summed E-state index contributed by atoms with van der Waals surface area (Å²) in [6.45, 7) is 0. The molecule has 0 saturated carbocycles. The quantitative estimate of drug-likeness (QED) is 0.418. The lowest BCUT2D eigenvalue weighted by Crippen LogP contribution is -2.07. The second-order valence-electron chi connectivity index (χ2n) is 1.83. The van der Waals surface area contributed by atoms with E-state index in [0.717, 1.165) is 6.42 Å². The van der Waals surface area contributed by atoms with Crippen molar-refractivity contribution in [3.8, 4) is 0 Å². The van der Waals surface area contributed by atoms with Crippen LogP contribution in [0.4, 0.5) is 0 Å². The maximum absolute atomic E-state index is 10.4. The van der Waals surface area contributed by atoms with E-state index in [1.165, 1.54) is 0 Å². The molecule has 0 spiro atoms. The van der Waals surface area contributed by atoms with Gasteiger partial charge in [-0.25, -0.2) is 0 Å². The fourth-order valence-corrected chi connectivity index (χ4v) is 0.968. The molecule has 0 aromatic carbocycles. The molecule has 1 heterocycles. The zero-order valence-corrected chi connectivity index (χ0v) is 5.36. The Balaban J connectivity index is 2.32. The Bertz CT molecular complexity index is 103. The summed E-state index contributed by atoms with van der Waals surface area (Å²) < 4.78 is 4.80. The average Bonchev–Trinajstić information content (AvgIpc) is 2.14. The molecule has 0 N–H and O–H groups in total. The number of rotatable bonds is 1. The van der Waals surface area contributed by atoms with Gasteiger partial charge in [-0.15, -0.1) is 0 Å². The van der Waals surface area contributed by atoms with Crippen LogP contribution in [0.5, 0.6) is 0 Å². The van der Waals surface area contributed by atoms with E-state index in [2.05, 4.69) is 12.6 Å². The van der Waals surface area contributed by atoms with Crippen LogP contribution in [0, 0.1) is 0 Å². The van der Waals surface area contributed by atoms with Crippen molar-refractivity contribution in [1.82, 2.24) is 0 Å². The van der Waals surface area contributed by atoms with Crippen LogP contribution in [-0.2, 0) is 9.53 Å². The molecule has 1 rings (SSSR count). The van der Waals surface area contributed by atoms with Crippen LogP contribution in [0.2, 0.25) is 0 Å². The van der Waals surface area contributed by atoms with Crippen molar-refractivity contribution in [3.63, 3.8) is 0 Å². The van der Waals surface area contributed by atoms with E-state index in [4.69, 9.17) is 4.74 Å². The van der Waals surface area contributed by atoms with Gasteiger partial charge in [-0.2, -0.15) is 12.6 Å². The Kier molecular flexibility index (Phi) is 1.78. The summed E-state index contributed by atoms with van der Waals surface area (Å²) >= 11 is 3.98. The maximum Gasteiger partial charge on any atom is 0.306 e. The minimum absolute atomic E-state index is 0.0796. The Morgan fingerprint density at radius 1 is 1.88 bits per heavy atom. The number of carbonyl (C=O) groups excluding carboxylic acids is 1. The SMILES string of the molecule is O=C1CCC(CS)O1. The van der Waals surface area contributed by atoms with Gasteiger partial charge in [-0.05, 0) is 6.42 Å². The Morgan fingerprint density at radius 3 is 2.88 bits per heavy atom. The van der Waals surface area contributed by atoms with Gasteiger partial charge >= 0.3 is 5.97 Å². The van der Waals surface area contributed by atoms with Crippen molar-refractivity contribution >= 4 is 18.6 Å². The molecule has 0 aromatic heterocycles. The second kappa shape index (κ2) is 2.40. The van der Waals surface area contributed by atoms with Crippen molar-refractivity contribution in [2.75, 3.05) is 5.75 Å². The van der Waals surface area contributed by atoms with Crippen LogP contribution in [0.15, 0.2) is 0 Å². The highest BCUT2D eigenvalue weighted by Crippen LogP contribution is 2.13. The third-order valence-corrected chi connectivity index (χ3v) is 1.58. The highest BCUT2D eigenvalue weighted by atomic mass is 32.1. The molecule has 1 aliphatic heterocycles. The van der Waals surface area contributed by atoms with E-state index < -0.39 is 0 Å². The first kappa shape index (κ1) is 5.95. The summed E-state index contributed by atoms with van der Waals surface area (Å²) in [6, 6.07) is 0. The third-order valence-electron chi connectivity index (χ3n) is 1.17. The molecule has 1 fully saturated rings. The first-order chi connectivity index (χ1) is 3.83. The van der Waals surface area contributed by atoms with Gasteiger partial charge < -0.3 is 4.74 Å². The summed E-state index contributed by atoms with van der Waals surface area (Å²) in [5.41, 5.74) is 0. The summed E-state index contributed by atoms with van der Waals surface area (Å²) in [6.07, 6.45) is 1.51. The van der Waals surface area contributed by atoms with Crippen molar-refractivity contribution in [3.05, 3.63) is 0 Å². The van der Waals surface area contributed by atoms with Crippen molar-refractivity contribution < 1.29 is 9.53 Å². The highest BCUT2D eigenvalue weighted by molar-refractivity contribution is 7.80. The third kappa shape index (κ3) is 1.15. The van der Waals surface area contributed by atoms with Gasteiger partial charge in [-0.1, -0.05) is 0 Å². The second-order valence-corrected chi connectivity index (χ2v) is 2.20. The lowest BCUT2D eigenvalue weighted by molar-refractivity contribution is -0.140. The predicted molar refractivity (Wildman–Crippen MR) is 33.0 cm³/mol. The number of cyclic esters (lactones) is 1. The molecule has 1 saturated heterocycles. The molecule has 0 aromatic rings. The van der Waals surface area contributed by atoms with E-state index in [9.17, 15) is 4.79 Å². The zero-order valence-electron chi connectivity index (χ0n) is 4.46. The van der Waals surface area contributed by atoms with Crippen LogP contribution in [0.1, 0.15) is 12.8 Å². The Hall–Kier alpha value is -0.180. The van der Waals surface area contributed by atoms with Gasteiger partial charge in [0, 0.05) is 12.2 Å². The zero-order chi connectivity index (χ0) is 5.98. The molecule has 8 heavy (non-hydrogen) atoms. The van der Waals surface area contributed by atoms with Crippen LogP contribution in [0.25, 0.3) is 0 Å². The summed E-state index contributed by atoms with van der Waals surface area (Å²) in [4.78, 5) is 10.4. The number of thiol groups is 1. The molecule has 2 nitrogen and oxygen atoms in total. The smallest absolute Gasteiger partial charge is 0.306 e. The van der Waals surface area contributed by atoms with E-state index in [-0.39, 0.29) is 12.1 Å². The Labute approximate surface area is 53.6 Å². The predicted octanol–water partition coefficient (Wildman–Crippen LogP) is 0.622. The van der Waals surface area contributed by atoms with Crippen molar-refractivity contribution in [2.24, 2.45) is 0 Å². The lowest BCUT2D eigenvalue weighted by atomic mass is 10.3. The molecular weight excluding hydrogens is 124 g/mol. The molecule has 3 heteroatoms. The molecular formula is C5H8O2S. The number of hydrogen-bond acceptors (Lipinski definition) is 3. The fraction of sp³-hybridized carbons (Fsp3) is 0.800. The van der Waals surface area contributed by atoms with Crippen molar-refractivity contribution in [1.29, 1.82) is 0 Å². The molecule has 0 radical (unpaired) electrons. The average molecular weight is 132 g/mol.